The minimum absolute atomic E-state index is 0.120. The molecule has 1 N–H and O–H groups in total. The lowest BCUT2D eigenvalue weighted by atomic mass is 10.2. The van der Waals surface area contributed by atoms with Crippen LogP contribution in [-0.2, 0) is 11.3 Å². The lowest BCUT2D eigenvalue weighted by Gasteiger charge is -2.13. The van der Waals surface area contributed by atoms with Crippen molar-refractivity contribution in [2.24, 2.45) is 0 Å². The third-order valence-electron chi connectivity index (χ3n) is 4.04. The highest BCUT2D eigenvalue weighted by Gasteiger charge is 2.17. The molecule has 4 rings (SSSR count). The second kappa shape index (κ2) is 6.27. The average Bonchev–Trinajstić information content (AvgIpc) is 3.38. The highest BCUT2D eigenvalue weighted by atomic mass is 16.5. The number of hydrogen-bond donors (Lipinski definition) is 1. The SMILES string of the molecule is C[C@H](C(=O)NCc1cc(-c2ccco2)on1)n1cnc2ccccc21. The fourth-order valence-electron chi connectivity index (χ4n) is 2.67. The molecule has 0 aliphatic carbocycles. The van der Waals surface area contributed by atoms with Crippen molar-refractivity contribution in [2.45, 2.75) is 19.5 Å². The molecule has 4 aromatic rings. The van der Waals surface area contributed by atoms with Crippen LogP contribution >= 0.6 is 0 Å². The molecule has 0 unspecified atom stereocenters. The Morgan fingerprint density at radius 1 is 1.24 bits per heavy atom. The third-order valence-corrected chi connectivity index (χ3v) is 4.04. The van der Waals surface area contributed by atoms with Gasteiger partial charge < -0.3 is 18.8 Å². The first kappa shape index (κ1) is 15.2. The molecule has 25 heavy (non-hydrogen) atoms. The van der Waals surface area contributed by atoms with E-state index in [4.69, 9.17) is 8.94 Å². The zero-order chi connectivity index (χ0) is 17.2. The molecule has 0 radical (unpaired) electrons. The summed E-state index contributed by atoms with van der Waals surface area (Å²) < 4.78 is 12.3. The van der Waals surface area contributed by atoms with Gasteiger partial charge in [0.15, 0.2) is 5.76 Å². The minimum atomic E-state index is -0.385. The summed E-state index contributed by atoms with van der Waals surface area (Å²) in [6, 6.07) is 12.6. The van der Waals surface area contributed by atoms with Crippen LogP contribution in [0.2, 0.25) is 0 Å². The number of rotatable bonds is 5. The fraction of sp³-hybridized carbons (Fsp3) is 0.167. The maximum Gasteiger partial charge on any atom is 0.243 e. The van der Waals surface area contributed by atoms with E-state index in [9.17, 15) is 4.79 Å². The summed E-state index contributed by atoms with van der Waals surface area (Å²) in [6.07, 6.45) is 3.25. The average molecular weight is 336 g/mol. The van der Waals surface area contributed by atoms with Gasteiger partial charge in [-0.25, -0.2) is 4.98 Å². The van der Waals surface area contributed by atoms with Gasteiger partial charge in [-0.2, -0.15) is 0 Å². The molecule has 1 atom stereocenters. The van der Waals surface area contributed by atoms with Crippen LogP contribution in [0.25, 0.3) is 22.6 Å². The van der Waals surface area contributed by atoms with Crippen molar-refractivity contribution in [1.29, 1.82) is 0 Å². The van der Waals surface area contributed by atoms with Crippen LogP contribution in [0.15, 0.2) is 64.0 Å². The lowest BCUT2D eigenvalue weighted by molar-refractivity contribution is -0.124. The van der Waals surface area contributed by atoms with Crippen LogP contribution < -0.4 is 5.32 Å². The number of aromatic nitrogens is 3. The van der Waals surface area contributed by atoms with Crippen LogP contribution in [-0.4, -0.2) is 20.6 Å². The van der Waals surface area contributed by atoms with Gasteiger partial charge in [-0.05, 0) is 31.2 Å². The number of amides is 1. The van der Waals surface area contributed by atoms with Crippen LogP contribution in [0.4, 0.5) is 0 Å². The smallest absolute Gasteiger partial charge is 0.243 e. The van der Waals surface area contributed by atoms with Gasteiger partial charge in [-0.3, -0.25) is 4.79 Å². The van der Waals surface area contributed by atoms with Gasteiger partial charge in [0.1, 0.15) is 11.7 Å². The summed E-state index contributed by atoms with van der Waals surface area (Å²) in [6.45, 7) is 2.11. The van der Waals surface area contributed by atoms with Gasteiger partial charge in [-0.15, -0.1) is 0 Å². The largest absolute Gasteiger partial charge is 0.461 e. The molecule has 0 saturated carbocycles. The highest BCUT2D eigenvalue weighted by Crippen LogP contribution is 2.21. The second-order valence-electron chi connectivity index (χ2n) is 5.69. The first-order valence-electron chi connectivity index (χ1n) is 7.91. The third kappa shape index (κ3) is 2.91. The highest BCUT2D eigenvalue weighted by molar-refractivity contribution is 5.83. The standard InChI is InChI=1S/C18H16N4O3/c1-12(22-11-20-14-5-2-3-6-15(14)22)18(23)19-10-13-9-17(25-21-13)16-7-4-8-24-16/h2-9,11-12H,10H2,1H3,(H,19,23)/t12-/m1/s1. The first-order valence-corrected chi connectivity index (χ1v) is 7.91. The van der Waals surface area contributed by atoms with Crippen molar-refractivity contribution in [3.8, 4) is 11.5 Å². The van der Waals surface area contributed by atoms with Crippen LogP contribution in [0.3, 0.4) is 0 Å². The van der Waals surface area contributed by atoms with Gasteiger partial charge in [-0.1, -0.05) is 17.3 Å². The molecule has 0 bridgehead atoms. The number of para-hydroxylation sites is 2. The lowest BCUT2D eigenvalue weighted by Crippen LogP contribution is -2.30. The van der Waals surface area contributed by atoms with E-state index < -0.39 is 0 Å². The molecule has 0 aliphatic rings. The van der Waals surface area contributed by atoms with Gasteiger partial charge in [0.25, 0.3) is 0 Å². The van der Waals surface area contributed by atoms with Gasteiger partial charge in [0, 0.05) is 6.07 Å². The molecular weight excluding hydrogens is 320 g/mol. The molecule has 1 amide bonds. The van der Waals surface area contributed by atoms with Gasteiger partial charge in [0.05, 0.1) is 30.2 Å². The number of imidazole rings is 1. The Morgan fingerprint density at radius 2 is 2.12 bits per heavy atom. The molecule has 1 aromatic carbocycles. The number of hydrogen-bond acceptors (Lipinski definition) is 5. The molecule has 0 saturated heterocycles. The van der Waals surface area contributed by atoms with Crippen molar-refractivity contribution in [3.63, 3.8) is 0 Å². The van der Waals surface area contributed by atoms with E-state index in [0.29, 0.717) is 17.2 Å². The molecule has 126 valence electrons. The van der Waals surface area contributed by atoms with E-state index in [1.54, 1.807) is 30.8 Å². The topological polar surface area (TPSA) is 86.1 Å². The number of fused-ring (bicyclic) bond motifs is 1. The Bertz CT molecular complexity index is 1000. The maximum atomic E-state index is 12.5. The molecule has 7 heteroatoms. The van der Waals surface area contributed by atoms with E-state index in [0.717, 1.165) is 11.0 Å². The number of carbonyl (C=O) groups excluding carboxylic acids is 1. The van der Waals surface area contributed by atoms with Crippen molar-refractivity contribution < 1.29 is 13.7 Å². The van der Waals surface area contributed by atoms with Crippen LogP contribution in [0, 0.1) is 0 Å². The zero-order valence-electron chi connectivity index (χ0n) is 13.5. The molecule has 0 fully saturated rings. The van der Waals surface area contributed by atoms with E-state index >= 15 is 0 Å². The molecule has 0 spiro atoms. The summed E-state index contributed by atoms with van der Waals surface area (Å²) >= 11 is 0. The van der Waals surface area contributed by atoms with Crippen molar-refractivity contribution in [1.82, 2.24) is 20.0 Å². The van der Waals surface area contributed by atoms with Gasteiger partial charge >= 0.3 is 0 Å². The number of nitrogens with zero attached hydrogens (tertiary/aromatic N) is 3. The van der Waals surface area contributed by atoms with Gasteiger partial charge in [0.2, 0.25) is 11.7 Å². The summed E-state index contributed by atoms with van der Waals surface area (Å²) in [5.41, 5.74) is 2.41. The van der Waals surface area contributed by atoms with Crippen LogP contribution in [0.5, 0.6) is 0 Å². The fourth-order valence-corrected chi connectivity index (χ4v) is 2.67. The van der Waals surface area contributed by atoms with Crippen molar-refractivity contribution >= 4 is 16.9 Å². The Balaban J connectivity index is 1.43. The number of furan rings is 1. The maximum absolute atomic E-state index is 12.5. The predicted octanol–water partition coefficient (Wildman–Crippen LogP) is 3.16. The van der Waals surface area contributed by atoms with Crippen LogP contribution in [0.1, 0.15) is 18.7 Å². The van der Waals surface area contributed by atoms with Crippen molar-refractivity contribution in [2.75, 3.05) is 0 Å². The Morgan fingerprint density at radius 3 is 2.96 bits per heavy atom. The Labute approximate surface area is 143 Å². The normalized spacial score (nSPS) is 12.4. The van der Waals surface area contributed by atoms with E-state index in [2.05, 4.69) is 15.5 Å². The number of nitrogens with one attached hydrogen (secondary N) is 1. The summed E-state index contributed by atoms with van der Waals surface area (Å²) in [5.74, 6) is 1.01. The summed E-state index contributed by atoms with van der Waals surface area (Å²) in [5, 5.41) is 6.82. The summed E-state index contributed by atoms with van der Waals surface area (Å²) in [4.78, 5) is 16.8. The predicted molar refractivity (Wildman–Crippen MR) is 90.5 cm³/mol. The van der Waals surface area contributed by atoms with Crippen molar-refractivity contribution in [3.05, 3.63) is 60.7 Å². The molecule has 3 aromatic heterocycles. The molecule has 3 heterocycles. The molecule has 0 aliphatic heterocycles. The number of benzene rings is 1. The molecular formula is C18H16N4O3. The second-order valence-corrected chi connectivity index (χ2v) is 5.69. The minimum Gasteiger partial charge on any atom is -0.461 e. The Kier molecular flexibility index (Phi) is 3.81. The first-order chi connectivity index (χ1) is 12.2. The zero-order valence-corrected chi connectivity index (χ0v) is 13.5. The number of carbonyl (C=O) groups is 1. The summed E-state index contributed by atoms with van der Waals surface area (Å²) in [7, 11) is 0. The van der Waals surface area contributed by atoms with E-state index in [1.165, 1.54) is 0 Å². The Hall–Kier alpha value is -3.35. The molecule has 7 nitrogen and oxygen atoms in total. The quantitative estimate of drug-likeness (QED) is 0.605. The van der Waals surface area contributed by atoms with E-state index in [-0.39, 0.29) is 18.5 Å². The monoisotopic (exact) mass is 336 g/mol. The van der Waals surface area contributed by atoms with E-state index in [1.807, 2.05) is 35.8 Å².